The highest BCUT2D eigenvalue weighted by molar-refractivity contribution is 4.62. The average molecular weight is 254 g/mol. The van der Waals surface area contributed by atoms with Crippen molar-refractivity contribution in [2.45, 2.75) is 38.4 Å². The molecule has 98 valence electrons. The van der Waals surface area contributed by atoms with Crippen molar-refractivity contribution in [3.05, 3.63) is 0 Å². The van der Waals surface area contributed by atoms with Gasteiger partial charge in [-0.05, 0) is 13.8 Å². The van der Waals surface area contributed by atoms with Gasteiger partial charge in [0.2, 0.25) is 0 Å². The SMILES string of the molecule is CC(OCCOC(C)C(F)(F)F)C(F)(F)F. The number of hydrogen-bond acceptors (Lipinski definition) is 2. The highest BCUT2D eigenvalue weighted by Crippen LogP contribution is 2.23. The van der Waals surface area contributed by atoms with Crippen molar-refractivity contribution >= 4 is 0 Å². The van der Waals surface area contributed by atoms with Crippen LogP contribution in [0.4, 0.5) is 26.3 Å². The molecule has 0 aromatic rings. The molecule has 2 nitrogen and oxygen atoms in total. The Kier molecular flexibility index (Phi) is 5.54. The number of alkyl halides is 6. The van der Waals surface area contributed by atoms with E-state index in [-0.39, 0.29) is 0 Å². The second kappa shape index (κ2) is 5.72. The Hall–Kier alpha value is -0.500. The minimum absolute atomic E-state index is 0.541. The van der Waals surface area contributed by atoms with Gasteiger partial charge in [-0.3, -0.25) is 0 Å². The zero-order valence-corrected chi connectivity index (χ0v) is 8.65. The van der Waals surface area contributed by atoms with Crippen molar-refractivity contribution in [2.24, 2.45) is 0 Å². The van der Waals surface area contributed by atoms with Gasteiger partial charge >= 0.3 is 12.4 Å². The van der Waals surface area contributed by atoms with E-state index >= 15 is 0 Å². The molecule has 0 aliphatic carbocycles. The van der Waals surface area contributed by atoms with Crippen LogP contribution in [0.25, 0.3) is 0 Å². The summed E-state index contributed by atoms with van der Waals surface area (Å²) in [5.74, 6) is 0. The summed E-state index contributed by atoms with van der Waals surface area (Å²) in [6.07, 6.45) is -13.1. The van der Waals surface area contributed by atoms with Gasteiger partial charge in [0.05, 0.1) is 13.2 Å². The van der Waals surface area contributed by atoms with Crippen molar-refractivity contribution in [1.29, 1.82) is 0 Å². The predicted molar refractivity (Wildman–Crippen MR) is 42.9 cm³/mol. The lowest BCUT2D eigenvalue weighted by Gasteiger charge is -2.19. The second-order valence-electron chi connectivity index (χ2n) is 3.11. The van der Waals surface area contributed by atoms with Gasteiger partial charge in [-0.15, -0.1) is 0 Å². The van der Waals surface area contributed by atoms with Gasteiger partial charge in [0.25, 0.3) is 0 Å². The molecule has 0 spiro atoms. The molecule has 0 saturated heterocycles. The van der Waals surface area contributed by atoms with E-state index in [2.05, 4.69) is 9.47 Å². The van der Waals surface area contributed by atoms with Gasteiger partial charge in [0, 0.05) is 0 Å². The van der Waals surface area contributed by atoms with E-state index in [4.69, 9.17) is 0 Å². The first-order valence-electron chi connectivity index (χ1n) is 4.41. The van der Waals surface area contributed by atoms with Gasteiger partial charge in [-0.2, -0.15) is 26.3 Å². The Morgan fingerprint density at radius 3 is 1.19 bits per heavy atom. The average Bonchev–Trinajstić information content (AvgIpc) is 2.08. The molecule has 2 unspecified atom stereocenters. The second-order valence-corrected chi connectivity index (χ2v) is 3.11. The van der Waals surface area contributed by atoms with Crippen LogP contribution in [0.1, 0.15) is 13.8 Å². The fourth-order valence-corrected chi connectivity index (χ4v) is 0.639. The Morgan fingerprint density at radius 1 is 0.750 bits per heavy atom. The largest absolute Gasteiger partial charge is 0.414 e. The third kappa shape index (κ3) is 6.16. The lowest BCUT2D eigenvalue weighted by molar-refractivity contribution is -0.233. The first kappa shape index (κ1) is 15.5. The maximum absolute atomic E-state index is 11.9. The molecule has 0 aliphatic rings. The zero-order chi connectivity index (χ0) is 13.0. The molecule has 0 aromatic heterocycles. The molecular formula is C8H12F6O2. The quantitative estimate of drug-likeness (QED) is 0.554. The lowest BCUT2D eigenvalue weighted by Crippen LogP contribution is -2.32. The van der Waals surface area contributed by atoms with Gasteiger partial charge in [-0.25, -0.2) is 0 Å². The Bertz CT molecular complexity index is 178. The monoisotopic (exact) mass is 254 g/mol. The molecule has 0 amide bonds. The van der Waals surface area contributed by atoms with E-state index in [1.165, 1.54) is 0 Å². The maximum Gasteiger partial charge on any atom is 0.414 e. The standard InChI is InChI=1S/C8H12F6O2/c1-5(7(9,10)11)15-3-4-16-6(2)8(12,13)14/h5-6H,3-4H2,1-2H3. The van der Waals surface area contributed by atoms with Crippen molar-refractivity contribution in [3.63, 3.8) is 0 Å². The molecule has 0 rings (SSSR count). The third-order valence-corrected chi connectivity index (χ3v) is 1.74. The summed E-state index contributed by atoms with van der Waals surface area (Å²) in [6, 6.07) is 0. The van der Waals surface area contributed by atoms with E-state index < -0.39 is 37.8 Å². The van der Waals surface area contributed by atoms with Crippen molar-refractivity contribution in [3.8, 4) is 0 Å². The molecular weight excluding hydrogens is 242 g/mol. The zero-order valence-electron chi connectivity index (χ0n) is 8.65. The van der Waals surface area contributed by atoms with Crippen LogP contribution in [-0.4, -0.2) is 37.8 Å². The van der Waals surface area contributed by atoms with Crippen molar-refractivity contribution < 1.29 is 35.8 Å². The first-order valence-corrected chi connectivity index (χ1v) is 4.41. The summed E-state index contributed by atoms with van der Waals surface area (Å²) < 4.78 is 79.8. The van der Waals surface area contributed by atoms with Crippen molar-refractivity contribution in [1.82, 2.24) is 0 Å². The fraction of sp³-hybridized carbons (Fsp3) is 1.00. The maximum atomic E-state index is 11.9. The van der Waals surface area contributed by atoms with Crippen LogP contribution in [0.15, 0.2) is 0 Å². The normalized spacial score (nSPS) is 17.2. The predicted octanol–water partition coefficient (Wildman–Crippen LogP) is 2.92. The highest BCUT2D eigenvalue weighted by Gasteiger charge is 2.38. The van der Waals surface area contributed by atoms with Crippen LogP contribution in [0.3, 0.4) is 0 Å². The Morgan fingerprint density at radius 2 is 1.00 bits per heavy atom. The lowest BCUT2D eigenvalue weighted by atomic mass is 10.4. The van der Waals surface area contributed by atoms with E-state index in [1.807, 2.05) is 0 Å². The number of ether oxygens (including phenoxy) is 2. The molecule has 0 saturated carbocycles. The van der Waals surface area contributed by atoms with Crippen LogP contribution in [-0.2, 0) is 9.47 Å². The van der Waals surface area contributed by atoms with Gasteiger partial charge < -0.3 is 9.47 Å². The number of rotatable bonds is 5. The van der Waals surface area contributed by atoms with Gasteiger partial charge in [0.1, 0.15) is 0 Å². The van der Waals surface area contributed by atoms with Crippen LogP contribution < -0.4 is 0 Å². The van der Waals surface area contributed by atoms with Crippen LogP contribution in [0.5, 0.6) is 0 Å². The molecule has 16 heavy (non-hydrogen) atoms. The first-order chi connectivity index (χ1) is 7.05. The molecule has 0 heterocycles. The molecule has 0 bridgehead atoms. The summed E-state index contributed by atoms with van der Waals surface area (Å²) in [7, 11) is 0. The fourth-order valence-electron chi connectivity index (χ4n) is 0.639. The molecule has 0 aromatic carbocycles. The molecule has 0 N–H and O–H groups in total. The van der Waals surface area contributed by atoms with E-state index in [0.717, 1.165) is 13.8 Å². The summed E-state index contributed by atoms with van der Waals surface area (Å²) in [5.41, 5.74) is 0. The summed E-state index contributed by atoms with van der Waals surface area (Å²) >= 11 is 0. The summed E-state index contributed by atoms with van der Waals surface area (Å²) in [4.78, 5) is 0. The van der Waals surface area contributed by atoms with Gasteiger partial charge in [0.15, 0.2) is 12.2 Å². The number of halogens is 6. The van der Waals surface area contributed by atoms with E-state index in [9.17, 15) is 26.3 Å². The topological polar surface area (TPSA) is 18.5 Å². The molecule has 2 atom stereocenters. The Labute approximate surface area is 88.5 Å². The van der Waals surface area contributed by atoms with Crippen LogP contribution >= 0.6 is 0 Å². The van der Waals surface area contributed by atoms with E-state index in [0.29, 0.717) is 0 Å². The van der Waals surface area contributed by atoms with Crippen molar-refractivity contribution in [2.75, 3.05) is 13.2 Å². The highest BCUT2D eigenvalue weighted by atomic mass is 19.4. The van der Waals surface area contributed by atoms with Crippen LogP contribution in [0.2, 0.25) is 0 Å². The molecule has 8 heteroatoms. The summed E-state index contributed by atoms with van der Waals surface area (Å²) in [5, 5.41) is 0. The smallest absolute Gasteiger partial charge is 0.367 e. The third-order valence-electron chi connectivity index (χ3n) is 1.74. The molecule has 0 radical (unpaired) electrons. The number of hydrogen-bond donors (Lipinski definition) is 0. The Balaban J connectivity index is 3.70. The van der Waals surface area contributed by atoms with Gasteiger partial charge in [-0.1, -0.05) is 0 Å². The molecule has 0 aliphatic heterocycles. The minimum atomic E-state index is -4.52. The molecule has 0 fully saturated rings. The summed E-state index contributed by atoms with van der Waals surface area (Å²) in [6.45, 7) is 0.461. The van der Waals surface area contributed by atoms with Crippen LogP contribution in [0, 0.1) is 0 Å². The van der Waals surface area contributed by atoms with E-state index in [1.54, 1.807) is 0 Å². The minimum Gasteiger partial charge on any atom is -0.367 e.